The summed E-state index contributed by atoms with van der Waals surface area (Å²) >= 11 is 0. The summed E-state index contributed by atoms with van der Waals surface area (Å²) in [6, 6.07) is -0.197. The SMILES string of the molecule is CC1C(=O)C=Cc2ncnn21. The van der Waals surface area contributed by atoms with Gasteiger partial charge in [0, 0.05) is 0 Å². The van der Waals surface area contributed by atoms with E-state index in [1.807, 2.05) is 6.92 Å². The highest BCUT2D eigenvalue weighted by atomic mass is 16.1. The third-order valence-corrected chi connectivity index (χ3v) is 1.78. The predicted octanol–water partition coefficient (Wildman–Crippen LogP) is 0.435. The number of hydrogen-bond donors (Lipinski definition) is 0. The normalized spacial score (nSPS) is 21.9. The van der Waals surface area contributed by atoms with E-state index in [2.05, 4.69) is 10.1 Å². The Balaban J connectivity index is 2.57. The molecule has 2 rings (SSSR count). The maximum atomic E-state index is 11.1. The zero-order valence-electron chi connectivity index (χ0n) is 6.06. The van der Waals surface area contributed by atoms with E-state index in [1.165, 1.54) is 12.4 Å². The molecule has 1 unspecified atom stereocenters. The van der Waals surface area contributed by atoms with Gasteiger partial charge in [-0.05, 0) is 19.1 Å². The van der Waals surface area contributed by atoms with Crippen molar-refractivity contribution in [3.8, 4) is 0 Å². The Labute approximate surface area is 63.5 Å². The van der Waals surface area contributed by atoms with Crippen LogP contribution in [-0.2, 0) is 4.79 Å². The van der Waals surface area contributed by atoms with Gasteiger partial charge in [-0.25, -0.2) is 9.67 Å². The average molecular weight is 149 g/mol. The van der Waals surface area contributed by atoms with Gasteiger partial charge in [0.15, 0.2) is 11.6 Å². The van der Waals surface area contributed by atoms with Crippen LogP contribution in [0.3, 0.4) is 0 Å². The second-order valence-corrected chi connectivity index (χ2v) is 2.47. The Kier molecular flexibility index (Phi) is 1.15. The number of carbonyl (C=O) groups is 1. The number of hydrogen-bond acceptors (Lipinski definition) is 3. The smallest absolute Gasteiger partial charge is 0.180 e. The molecule has 2 heterocycles. The van der Waals surface area contributed by atoms with Crippen molar-refractivity contribution in [3.63, 3.8) is 0 Å². The number of ketones is 1. The van der Waals surface area contributed by atoms with Crippen LogP contribution in [0.15, 0.2) is 12.4 Å². The summed E-state index contributed by atoms with van der Waals surface area (Å²) in [5, 5.41) is 3.92. The monoisotopic (exact) mass is 149 g/mol. The van der Waals surface area contributed by atoms with Crippen molar-refractivity contribution < 1.29 is 4.79 Å². The van der Waals surface area contributed by atoms with Gasteiger partial charge in [0.05, 0.1) is 0 Å². The molecule has 11 heavy (non-hydrogen) atoms. The van der Waals surface area contributed by atoms with Crippen molar-refractivity contribution >= 4 is 11.9 Å². The molecule has 1 aliphatic rings. The van der Waals surface area contributed by atoms with Crippen LogP contribution in [-0.4, -0.2) is 20.5 Å². The van der Waals surface area contributed by atoms with Crippen molar-refractivity contribution in [1.82, 2.24) is 14.8 Å². The standard InChI is InChI=1S/C7H7N3O/c1-5-6(11)2-3-7-8-4-9-10(5)7/h2-5H,1H3. The van der Waals surface area contributed by atoms with E-state index in [9.17, 15) is 4.79 Å². The first-order chi connectivity index (χ1) is 5.29. The van der Waals surface area contributed by atoms with E-state index in [0.29, 0.717) is 0 Å². The molecule has 1 atom stereocenters. The molecule has 0 aromatic carbocycles. The molecule has 0 bridgehead atoms. The molecule has 0 spiro atoms. The van der Waals surface area contributed by atoms with Gasteiger partial charge >= 0.3 is 0 Å². The van der Waals surface area contributed by atoms with Gasteiger partial charge in [0.1, 0.15) is 12.4 Å². The van der Waals surface area contributed by atoms with Gasteiger partial charge in [-0.3, -0.25) is 4.79 Å². The molecule has 4 nitrogen and oxygen atoms in total. The van der Waals surface area contributed by atoms with Crippen molar-refractivity contribution in [2.75, 3.05) is 0 Å². The maximum absolute atomic E-state index is 11.1. The Morgan fingerprint density at radius 1 is 1.55 bits per heavy atom. The molecule has 0 saturated heterocycles. The van der Waals surface area contributed by atoms with Crippen molar-refractivity contribution in [2.45, 2.75) is 13.0 Å². The highest BCUT2D eigenvalue weighted by Crippen LogP contribution is 2.14. The van der Waals surface area contributed by atoms with E-state index in [0.717, 1.165) is 5.82 Å². The van der Waals surface area contributed by atoms with Gasteiger partial charge in [0.2, 0.25) is 0 Å². The molecule has 1 aliphatic heterocycles. The average Bonchev–Trinajstić information content (AvgIpc) is 2.45. The largest absolute Gasteiger partial charge is 0.292 e. The zero-order valence-corrected chi connectivity index (χ0v) is 6.06. The van der Waals surface area contributed by atoms with Crippen LogP contribution in [0.25, 0.3) is 6.08 Å². The summed E-state index contributed by atoms with van der Waals surface area (Å²) in [6.07, 6.45) is 4.67. The minimum absolute atomic E-state index is 0.0722. The lowest BCUT2D eigenvalue weighted by Crippen LogP contribution is -2.20. The second kappa shape index (κ2) is 2.02. The summed E-state index contributed by atoms with van der Waals surface area (Å²) in [6.45, 7) is 1.81. The molecule has 0 aliphatic carbocycles. The van der Waals surface area contributed by atoms with Crippen LogP contribution < -0.4 is 0 Å². The van der Waals surface area contributed by atoms with Crippen molar-refractivity contribution in [3.05, 3.63) is 18.2 Å². The van der Waals surface area contributed by atoms with Crippen LogP contribution in [0.2, 0.25) is 0 Å². The number of carbonyl (C=O) groups excluding carboxylic acids is 1. The van der Waals surface area contributed by atoms with Gasteiger partial charge in [-0.1, -0.05) is 0 Å². The summed E-state index contributed by atoms with van der Waals surface area (Å²) < 4.78 is 1.61. The predicted molar refractivity (Wildman–Crippen MR) is 38.8 cm³/mol. The van der Waals surface area contributed by atoms with Gasteiger partial charge < -0.3 is 0 Å². The lowest BCUT2D eigenvalue weighted by Gasteiger charge is -2.12. The molecule has 0 N–H and O–H groups in total. The molecule has 1 aromatic rings. The highest BCUT2D eigenvalue weighted by molar-refractivity contribution is 5.97. The summed E-state index contributed by atoms with van der Waals surface area (Å²) in [5.74, 6) is 0.820. The molecular weight excluding hydrogens is 142 g/mol. The Hall–Kier alpha value is -1.45. The van der Waals surface area contributed by atoms with Crippen LogP contribution in [0.1, 0.15) is 18.8 Å². The minimum atomic E-state index is -0.197. The number of allylic oxidation sites excluding steroid dienone is 1. The molecule has 0 radical (unpaired) electrons. The molecule has 56 valence electrons. The third kappa shape index (κ3) is 0.790. The summed E-state index contributed by atoms with van der Waals surface area (Å²) in [4.78, 5) is 15.0. The van der Waals surface area contributed by atoms with Crippen LogP contribution in [0, 0.1) is 0 Å². The lowest BCUT2D eigenvalue weighted by molar-refractivity contribution is -0.117. The highest BCUT2D eigenvalue weighted by Gasteiger charge is 2.19. The molecule has 0 amide bonds. The molecule has 0 saturated carbocycles. The molecule has 0 fully saturated rings. The topological polar surface area (TPSA) is 47.8 Å². The fourth-order valence-corrected chi connectivity index (χ4v) is 1.09. The number of rotatable bonds is 0. The van der Waals surface area contributed by atoms with Crippen molar-refractivity contribution in [1.29, 1.82) is 0 Å². The van der Waals surface area contributed by atoms with Gasteiger partial charge in [0.25, 0.3) is 0 Å². The maximum Gasteiger partial charge on any atom is 0.180 e. The Morgan fingerprint density at radius 2 is 2.36 bits per heavy atom. The fraction of sp³-hybridized carbons (Fsp3) is 0.286. The van der Waals surface area contributed by atoms with Gasteiger partial charge in [-0.2, -0.15) is 5.10 Å². The first-order valence-electron chi connectivity index (χ1n) is 3.40. The van der Waals surface area contributed by atoms with Crippen LogP contribution >= 0.6 is 0 Å². The summed E-state index contributed by atoms with van der Waals surface area (Å²) in [7, 11) is 0. The molecule has 4 heteroatoms. The van der Waals surface area contributed by atoms with Crippen LogP contribution in [0.4, 0.5) is 0 Å². The quantitative estimate of drug-likeness (QED) is 0.537. The van der Waals surface area contributed by atoms with E-state index in [1.54, 1.807) is 10.8 Å². The second-order valence-electron chi connectivity index (χ2n) is 2.47. The number of fused-ring (bicyclic) bond motifs is 1. The third-order valence-electron chi connectivity index (χ3n) is 1.78. The van der Waals surface area contributed by atoms with E-state index < -0.39 is 0 Å². The van der Waals surface area contributed by atoms with Gasteiger partial charge in [-0.15, -0.1) is 0 Å². The first-order valence-corrected chi connectivity index (χ1v) is 3.40. The first kappa shape index (κ1) is 6.27. The molecular formula is C7H7N3O. The lowest BCUT2D eigenvalue weighted by atomic mass is 10.1. The van der Waals surface area contributed by atoms with E-state index >= 15 is 0 Å². The van der Waals surface area contributed by atoms with E-state index in [-0.39, 0.29) is 11.8 Å². The Morgan fingerprint density at radius 3 is 3.18 bits per heavy atom. The fourth-order valence-electron chi connectivity index (χ4n) is 1.09. The van der Waals surface area contributed by atoms with E-state index in [4.69, 9.17) is 0 Å². The Bertz CT molecular complexity index is 326. The van der Waals surface area contributed by atoms with Crippen LogP contribution in [0.5, 0.6) is 0 Å². The number of aromatic nitrogens is 3. The van der Waals surface area contributed by atoms with Crippen molar-refractivity contribution in [2.24, 2.45) is 0 Å². The molecule has 1 aromatic heterocycles. The zero-order chi connectivity index (χ0) is 7.84. The minimum Gasteiger partial charge on any atom is -0.292 e. The number of nitrogens with zero attached hydrogens (tertiary/aromatic N) is 3. The summed E-state index contributed by atoms with van der Waals surface area (Å²) in [5.41, 5.74) is 0.